The summed E-state index contributed by atoms with van der Waals surface area (Å²) in [4.78, 5) is 15.0. The molecule has 0 bridgehead atoms. The Balaban J connectivity index is 1.52. The monoisotopic (exact) mass is 335 g/mol. The number of halogens is 1. The fourth-order valence-electron chi connectivity index (χ4n) is 3.77. The number of ether oxygens (including phenoxy) is 2. The van der Waals surface area contributed by atoms with Crippen LogP contribution in [-0.4, -0.2) is 36.1 Å². The number of carbonyl (C=O) groups excluding carboxylic acids is 1. The van der Waals surface area contributed by atoms with Crippen LogP contribution in [0.2, 0.25) is 5.02 Å². The molecular formula is C18H22ClNO3. The molecule has 1 aromatic rings. The van der Waals surface area contributed by atoms with Crippen LogP contribution in [0.5, 0.6) is 11.5 Å². The Kier molecular flexibility index (Phi) is 4.10. The van der Waals surface area contributed by atoms with Gasteiger partial charge in [-0.2, -0.15) is 0 Å². The van der Waals surface area contributed by atoms with Crippen LogP contribution in [-0.2, 0) is 11.2 Å². The van der Waals surface area contributed by atoms with Gasteiger partial charge in [0, 0.05) is 12.1 Å². The van der Waals surface area contributed by atoms with Crippen molar-refractivity contribution >= 4 is 17.5 Å². The molecule has 2 aliphatic carbocycles. The topological polar surface area (TPSA) is 38.8 Å². The highest BCUT2D eigenvalue weighted by Gasteiger charge is 2.38. The van der Waals surface area contributed by atoms with E-state index in [2.05, 4.69) is 4.90 Å². The zero-order valence-corrected chi connectivity index (χ0v) is 14.0. The summed E-state index contributed by atoms with van der Waals surface area (Å²) in [6.45, 7) is 1.04. The molecule has 4 rings (SSSR count). The lowest BCUT2D eigenvalue weighted by Crippen LogP contribution is -2.41. The van der Waals surface area contributed by atoms with E-state index >= 15 is 0 Å². The molecule has 0 spiro atoms. The Hall–Kier alpha value is -1.42. The van der Waals surface area contributed by atoms with Crippen molar-refractivity contribution in [3.8, 4) is 11.5 Å². The summed E-state index contributed by atoms with van der Waals surface area (Å²) in [6.07, 6.45) is 7.51. The van der Waals surface area contributed by atoms with E-state index in [1.54, 1.807) is 0 Å². The van der Waals surface area contributed by atoms with Gasteiger partial charge in [-0.05, 0) is 43.4 Å². The Morgan fingerprint density at radius 3 is 2.52 bits per heavy atom. The summed E-state index contributed by atoms with van der Waals surface area (Å²) >= 11 is 6.28. The predicted octanol–water partition coefficient (Wildman–Crippen LogP) is 3.59. The van der Waals surface area contributed by atoms with Crippen LogP contribution in [0.1, 0.15) is 44.1 Å². The van der Waals surface area contributed by atoms with Gasteiger partial charge < -0.3 is 14.4 Å². The minimum Gasteiger partial charge on any atom is -0.486 e. The van der Waals surface area contributed by atoms with Crippen molar-refractivity contribution in [2.24, 2.45) is 0 Å². The first-order valence-electron chi connectivity index (χ1n) is 8.61. The molecule has 0 saturated heterocycles. The molecule has 1 aliphatic heterocycles. The molecule has 0 aromatic heterocycles. The van der Waals surface area contributed by atoms with Crippen LogP contribution in [0.4, 0.5) is 0 Å². The lowest BCUT2D eigenvalue weighted by Gasteiger charge is -2.29. The average molecular weight is 336 g/mol. The lowest BCUT2D eigenvalue weighted by atomic mass is 10.1. The molecule has 3 aliphatic rings. The SMILES string of the molecule is O=C(Cc1cc(Cl)c2c(c1)OCCO2)N(C1CCCC1)C1CC1. The molecule has 2 fully saturated rings. The fraction of sp³-hybridized carbons (Fsp3) is 0.611. The molecule has 0 unspecified atom stereocenters. The molecule has 1 heterocycles. The third kappa shape index (κ3) is 3.14. The first-order valence-corrected chi connectivity index (χ1v) is 8.99. The van der Waals surface area contributed by atoms with Gasteiger partial charge in [0.15, 0.2) is 11.5 Å². The average Bonchev–Trinajstić information content (AvgIpc) is 3.21. The molecule has 23 heavy (non-hydrogen) atoms. The second-order valence-electron chi connectivity index (χ2n) is 6.75. The van der Waals surface area contributed by atoms with E-state index in [0.717, 1.165) is 31.2 Å². The number of nitrogens with zero attached hydrogens (tertiary/aromatic N) is 1. The van der Waals surface area contributed by atoms with E-state index in [0.29, 0.717) is 48.2 Å². The van der Waals surface area contributed by atoms with Crippen molar-refractivity contribution in [1.82, 2.24) is 4.90 Å². The van der Waals surface area contributed by atoms with E-state index < -0.39 is 0 Å². The first kappa shape index (κ1) is 15.1. The number of fused-ring (bicyclic) bond motifs is 1. The lowest BCUT2D eigenvalue weighted by molar-refractivity contribution is -0.133. The molecule has 1 aromatic carbocycles. The highest BCUT2D eigenvalue weighted by Crippen LogP contribution is 2.39. The van der Waals surface area contributed by atoms with Gasteiger partial charge in [0.2, 0.25) is 5.91 Å². The maximum absolute atomic E-state index is 12.9. The molecule has 124 valence electrons. The summed E-state index contributed by atoms with van der Waals surface area (Å²) in [6, 6.07) is 4.66. The molecule has 2 saturated carbocycles. The molecule has 0 radical (unpaired) electrons. The largest absolute Gasteiger partial charge is 0.486 e. The van der Waals surface area contributed by atoms with E-state index in [1.807, 2.05) is 12.1 Å². The Morgan fingerprint density at radius 2 is 1.78 bits per heavy atom. The quantitative estimate of drug-likeness (QED) is 0.844. The first-order chi connectivity index (χ1) is 11.2. The van der Waals surface area contributed by atoms with Gasteiger partial charge >= 0.3 is 0 Å². The van der Waals surface area contributed by atoms with Crippen LogP contribution >= 0.6 is 11.6 Å². The summed E-state index contributed by atoms with van der Waals surface area (Å²) in [5, 5.41) is 0.531. The molecule has 5 heteroatoms. The van der Waals surface area contributed by atoms with Crippen LogP contribution in [0.3, 0.4) is 0 Å². The van der Waals surface area contributed by atoms with Crippen molar-refractivity contribution in [3.63, 3.8) is 0 Å². The number of hydrogen-bond donors (Lipinski definition) is 0. The Bertz CT molecular complexity index is 609. The number of amides is 1. The van der Waals surface area contributed by atoms with Crippen molar-refractivity contribution < 1.29 is 14.3 Å². The van der Waals surface area contributed by atoms with E-state index in [1.165, 1.54) is 12.8 Å². The molecule has 1 amide bonds. The maximum atomic E-state index is 12.9. The van der Waals surface area contributed by atoms with Crippen LogP contribution < -0.4 is 9.47 Å². The minimum absolute atomic E-state index is 0.229. The van der Waals surface area contributed by atoms with Crippen molar-refractivity contribution in [1.29, 1.82) is 0 Å². The molecule has 4 nitrogen and oxygen atoms in total. The predicted molar refractivity (Wildman–Crippen MR) is 88.3 cm³/mol. The summed E-state index contributed by atoms with van der Waals surface area (Å²) in [5.74, 6) is 1.49. The van der Waals surface area contributed by atoms with Gasteiger partial charge in [-0.15, -0.1) is 0 Å². The van der Waals surface area contributed by atoms with Crippen LogP contribution in [0.25, 0.3) is 0 Å². The number of benzene rings is 1. The third-order valence-electron chi connectivity index (χ3n) is 4.96. The van der Waals surface area contributed by atoms with Crippen molar-refractivity contribution in [3.05, 3.63) is 22.7 Å². The standard InChI is InChI=1S/C18H22ClNO3/c19-15-9-12(10-16-18(15)23-8-7-22-16)11-17(21)20(14-5-6-14)13-3-1-2-4-13/h9-10,13-14H,1-8,11H2. The van der Waals surface area contributed by atoms with Crippen molar-refractivity contribution in [2.45, 2.75) is 57.0 Å². The summed E-state index contributed by atoms with van der Waals surface area (Å²) < 4.78 is 11.2. The number of hydrogen-bond acceptors (Lipinski definition) is 3. The molecule has 0 N–H and O–H groups in total. The summed E-state index contributed by atoms with van der Waals surface area (Å²) in [7, 11) is 0. The Morgan fingerprint density at radius 1 is 1.09 bits per heavy atom. The van der Waals surface area contributed by atoms with Gasteiger partial charge in [-0.25, -0.2) is 0 Å². The Labute approximate surface area is 141 Å². The zero-order chi connectivity index (χ0) is 15.8. The van der Waals surface area contributed by atoms with Gasteiger partial charge in [0.05, 0.1) is 11.4 Å². The zero-order valence-electron chi connectivity index (χ0n) is 13.2. The van der Waals surface area contributed by atoms with Gasteiger partial charge in [-0.1, -0.05) is 24.4 Å². The number of rotatable bonds is 4. The highest BCUT2D eigenvalue weighted by molar-refractivity contribution is 6.32. The van der Waals surface area contributed by atoms with E-state index in [9.17, 15) is 4.79 Å². The smallest absolute Gasteiger partial charge is 0.227 e. The van der Waals surface area contributed by atoms with E-state index in [-0.39, 0.29) is 5.91 Å². The second-order valence-corrected chi connectivity index (χ2v) is 7.16. The fourth-order valence-corrected chi connectivity index (χ4v) is 4.06. The number of carbonyl (C=O) groups is 1. The van der Waals surface area contributed by atoms with E-state index in [4.69, 9.17) is 21.1 Å². The molecule has 0 atom stereocenters. The van der Waals surface area contributed by atoms with Crippen LogP contribution in [0, 0.1) is 0 Å². The maximum Gasteiger partial charge on any atom is 0.227 e. The third-order valence-corrected chi connectivity index (χ3v) is 5.24. The second kappa shape index (κ2) is 6.23. The normalized spacial score (nSPS) is 20.6. The molecular weight excluding hydrogens is 314 g/mol. The van der Waals surface area contributed by atoms with Gasteiger partial charge in [0.25, 0.3) is 0 Å². The van der Waals surface area contributed by atoms with Gasteiger partial charge in [0.1, 0.15) is 13.2 Å². The van der Waals surface area contributed by atoms with Crippen LogP contribution in [0.15, 0.2) is 12.1 Å². The van der Waals surface area contributed by atoms with Gasteiger partial charge in [-0.3, -0.25) is 4.79 Å². The highest BCUT2D eigenvalue weighted by atomic mass is 35.5. The minimum atomic E-state index is 0.229. The van der Waals surface area contributed by atoms with Crippen molar-refractivity contribution in [2.75, 3.05) is 13.2 Å². The summed E-state index contributed by atoms with van der Waals surface area (Å²) in [5.41, 5.74) is 0.910.